The van der Waals surface area contributed by atoms with Gasteiger partial charge in [-0.2, -0.15) is 0 Å². The summed E-state index contributed by atoms with van der Waals surface area (Å²) in [6.45, 7) is 2.35. The third-order valence-electron chi connectivity index (χ3n) is 3.90. The number of cyclic esters (lactones) is 2. The summed E-state index contributed by atoms with van der Waals surface area (Å²) in [4.78, 5) is 24.0. The number of rotatable bonds is 0. The number of hydrogen-bond acceptors (Lipinski definition) is 10. The summed E-state index contributed by atoms with van der Waals surface area (Å²) >= 11 is 1.43. The molecule has 9 nitrogen and oxygen atoms in total. The van der Waals surface area contributed by atoms with E-state index in [0.29, 0.717) is 49.5 Å². The number of aryl methyl sites for hydroxylation is 1. The first-order chi connectivity index (χ1) is 14.7. The number of fused-ring (bicyclic) bond motifs is 4. The van der Waals surface area contributed by atoms with Crippen molar-refractivity contribution in [2.75, 3.05) is 58.6 Å². The van der Waals surface area contributed by atoms with Crippen LogP contribution in [0.15, 0.2) is 38.2 Å². The Morgan fingerprint density at radius 2 is 1.17 bits per heavy atom. The molecule has 2 aromatic rings. The van der Waals surface area contributed by atoms with E-state index in [1.54, 1.807) is 24.3 Å². The third-order valence-corrected chi connectivity index (χ3v) is 4.82. The van der Waals surface area contributed by atoms with Gasteiger partial charge in [-0.3, -0.25) is 0 Å². The second-order valence-electron chi connectivity index (χ2n) is 6.09. The molecule has 0 N–H and O–H groups in total. The van der Waals surface area contributed by atoms with Gasteiger partial charge in [0.2, 0.25) is 11.5 Å². The van der Waals surface area contributed by atoms with Gasteiger partial charge in [-0.25, -0.2) is 9.59 Å². The summed E-state index contributed by atoms with van der Waals surface area (Å²) in [7, 11) is 0. The van der Waals surface area contributed by atoms with E-state index in [-0.39, 0.29) is 37.9 Å². The first kappa shape index (κ1) is 22.4. The van der Waals surface area contributed by atoms with Gasteiger partial charge in [-0.15, -0.1) is 0 Å². The van der Waals surface area contributed by atoms with E-state index in [4.69, 9.17) is 32.5 Å². The summed E-state index contributed by atoms with van der Waals surface area (Å²) in [6, 6.07) is 6.61. The van der Waals surface area contributed by atoms with Crippen LogP contribution in [-0.4, -0.2) is 70.5 Å². The van der Waals surface area contributed by atoms with Gasteiger partial charge in [0.15, 0.2) is 5.09 Å². The Bertz CT molecular complexity index is 734. The SMILES string of the molecule is O=C1OCCOCCOCCOCCOC(=O)c2ccc(o2)SCCc2ccc1o2. The third kappa shape index (κ3) is 7.52. The molecule has 30 heavy (non-hydrogen) atoms. The number of furan rings is 2. The minimum absolute atomic E-state index is 0.130. The molecule has 0 amide bonds. The molecule has 0 atom stereocenters. The molecule has 1 aliphatic heterocycles. The molecule has 4 bridgehead atoms. The zero-order valence-electron chi connectivity index (χ0n) is 16.5. The molecule has 1 aliphatic rings. The summed E-state index contributed by atoms with van der Waals surface area (Å²) < 4.78 is 37.3. The van der Waals surface area contributed by atoms with Crippen LogP contribution in [0.25, 0.3) is 0 Å². The van der Waals surface area contributed by atoms with Crippen LogP contribution >= 0.6 is 11.8 Å². The molecule has 0 aromatic carbocycles. The fourth-order valence-corrected chi connectivity index (χ4v) is 3.27. The van der Waals surface area contributed by atoms with Gasteiger partial charge >= 0.3 is 11.9 Å². The van der Waals surface area contributed by atoms with Crippen molar-refractivity contribution in [1.29, 1.82) is 0 Å². The highest BCUT2D eigenvalue weighted by atomic mass is 32.2. The lowest BCUT2D eigenvalue weighted by Crippen LogP contribution is -2.15. The number of carbonyl (C=O) groups is 2. The zero-order chi connectivity index (χ0) is 21.0. The maximum atomic E-state index is 12.0. The monoisotopic (exact) mass is 440 g/mol. The quantitative estimate of drug-likeness (QED) is 0.567. The topological polar surface area (TPSA) is 107 Å². The maximum absolute atomic E-state index is 12.0. The maximum Gasteiger partial charge on any atom is 0.374 e. The van der Waals surface area contributed by atoms with Crippen molar-refractivity contribution >= 4 is 23.7 Å². The lowest BCUT2D eigenvalue weighted by molar-refractivity contribution is -0.00774. The van der Waals surface area contributed by atoms with E-state index in [2.05, 4.69) is 0 Å². The predicted octanol–water partition coefficient (Wildman–Crippen LogP) is 2.58. The average molecular weight is 440 g/mol. The van der Waals surface area contributed by atoms with Gasteiger partial charge in [-0.05, 0) is 24.3 Å². The molecule has 0 spiro atoms. The molecule has 0 radical (unpaired) electrons. The minimum atomic E-state index is -0.539. The Morgan fingerprint density at radius 3 is 1.80 bits per heavy atom. The van der Waals surface area contributed by atoms with Crippen LogP contribution in [0, 0.1) is 0 Å². The normalized spacial score (nSPS) is 18.8. The molecule has 3 rings (SSSR count). The highest BCUT2D eigenvalue weighted by Gasteiger charge is 2.15. The summed E-state index contributed by atoms with van der Waals surface area (Å²) in [5.74, 6) is 0.517. The van der Waals surface area contributed by atoms with Crippen molar-refractivity contribution in [3.8, 4) is 0 Å². The molecular weight excluding hydrogens is 416 g/mol. The molecule has 0 unspecified atom stereocenters. The van der Waals surface area contributed by atoms with Crippen LogP contribution in [-0.2, 0) is 30.1 Å². The predicted molar refractivity (Wildman–Crippen MR) is 105 cm³/mol. The van der Waals surface area contributed by atoms with Gasteiger partial charge in [0.1, 0.15) is 19.0 Å². The van der Waals surface area contributed by atoms with Gasteiger partial charge in [-0.1, -0.05) is 11.8 Å². The Labute approximate surface area is 177 Å². The molecule has 0 saturated heterocycles. The van der Waals surface area contributed by atoms with Gasteiger partial charge < -0.3 is 32.5 Å². The number of hydrogen-bond donors (Lipinski definition) is 0. The second-order valence-corrected chi connectivity index (χ2v) is 7.19. The Hall–Kier alpha value is -2.27. The number of thioether (sulfide) groups is 1. The Kier molecular flexibility index (Phi) is 9.29. The molecule has 0 saturated carbocycles. The Balaban J connectivity index is 1.52. The largest absolute Gasteiger partial charge is 0.457 e. The number of carbonyl (C=O) groups excluding carboxylic acids is 2. The van der Waals surface area contributed by atoms with Crippen LogP contribution in [0.3, 0.4) is 0 Å². The van der Waals surface area contributed by atoms with Crippen LogP contribution < -0.4 is 0 Å². The molecule has 2 aromatic heterocycles. The minimum Gasteiger partial charge on any atom is -0.457 e. The summed E-state index contributed by atoms with van der Waals surface area (Å²) in [5.41, 5.74) is 0. The van der Waals surface area contributed by atoms with Crippen molar-refractivity contribution in [3.63, 3.8) is 0 Å². The fraction of sp³-hybridized carbons (Fsp3) is 0.500. The van der Waals surface area contributed by atoms with Crippen molar-refractivity contribution in [3.05, 3.63) is 41.5 Å². The molecular formula is C20H24O9S. The van der Waals surface area contributed by atoms with Crippen molar-refractivity contribution < 1.29 is 42.1 Å². The van der Waals surface area contributed by atoms with Crippen molar-refractivity contribution in [2.24, 2.45) is 0 Å². The van der Waals surface area contributed by atoms with Crippen LogP contribution in [0.1, 0.15) is 26.9 Å². The highest BCUT2D eigenvalue weighted by Crippen LogP contribution is 2.23. The van der Waals surface area contributed by atoms with E-state index in [1.165, 1.54) is 11.8 Å². The highest BCUT2D eigenvalue weighted by molar-refractivity contribution is 7.99. The van der Waals surface area contributed by atoms with Gasteiger partial charge in [0, 0.05) is 12.2 Å². The molecule has 3 heterocycles. The smallest absolute Gasteiger partial charge is 0.374 e. The average Bonchev–Trinajstić information content (AvgIpc) is 3.40. The van der Waals surface area contributed by atoms with Crippen molar-refractivity contribution in [2.45, 2.75) is 11.5 Å². The summed E-state index contributed by atoms with van der Waals surface area (Å²) in [6.07, 6.45) is 0.582. The summed E-state index contributed by atoms with van der Waals surface area (Å²) in [5, 5.41) is 0.594. The number of esters is 2. The zero-order valence-corrected chi connectivity index (χ0v) is 17.3. The molecule has 164 valence electrons. The first-order valence-corrected chi connectivity index (χ1v) is 10.6. The molecule has 0 aliphatic carbocycles. The second kappa shape index (κ2) is 12.4. The van der Waals surface area contributed by atoms with Crippen LogP contribution in [0.5, 0.6) is 0 Å². The lowest BCUT2D eigenvalue weighted by Gasteiger charge is -2.07. The number of ether oxygens (including phenoxy) is 5. The van der Waals surface area contributed by atoms with E-state index < -0.39 is 11.9 Å². The van der Waals surface area contributed by atoms with Gasteiger partial charge in [0.05, 0.1) is 39.6 Å². The molecule has 0 fully saturated rings. The van der Waals surface area contributed by atoms with Crippen molar-refractivity contribution in [1.82, 2.24) is 0 Å². The van der Waals surface area contributed by atoms with E-state index >= 15 is 0 Å². The van der Waals surface area contributed by atoms with Crippen LogP contribution in [0.2, 0.25) is 0 Å². The lowest BCUT2D eigenvalue weighted by atomic mass is 10.3. The van der Waals surface area contributed by atoms with E-state index in [9.17, 15) is 9.59 Å². The van der Waals surface area contributed by atoms with E-state index in [0.717, 1.165) is 0 Å². The molecule has 10 heteroatoms. The standard InChI is InChI=1S/C20H24O9S/c21-19-16-2-1-15(28-16)5-14-30-18-4-3-17(29-18)20(22)27-13-11-25-9-7-23-6-8-24-10-12-26-19/h1-4H,5-14H2. The van der Waals surface area contributed by atoms with Gasteiger partial charge in [0.25, 0.3) is 0 Å². The fourth-order valence-electron chi connectivity index (χ4n) is 2.45. The Morgan fingerprint density at radius 1 is 0.633 bits per heavy atom. The first-order valence-electron chi connectivity index (χ1n) is 9.61. The van der Waals surface area contributed by atoms with Crippen LogP contribution in [0.4, 0.5) is 0 Å². The van der Waals surface area contributed by atoms with E-state index in [1.807, 2.05) is 0 Å².